The standard InChI is InChI=1S/C19H28O2/c1-18-9-7-13(20)11-12(18)3-4-14-15-5-6-17(21)19(15,2)10-8-16(14)18/h11,14-17,21H,3-10H2,1-2H3/t14?,15?,16?,17?,18-,19-/m0/s1/i3D2,7D2,11D. The van der Waals surface area contributed by atoms with Crippen molar-refractivity contribution in [2.24, 2.45) is 28.6 Å². The van der Waals surface area contributed by atoms with Crippen molar-refractivity contribution >= 4 is 5.78 Å². The minimum atomic E-state index is -2.11. The molecular formula is C19H28O2. The van der Waals surface area contributed by atoms with E-state index in [1.165, 1.54) is 0 Å². The minimum Gasteiger partial charge on any atom is -0.393 e. The monoisotopic (exact) mass is 293 g/mol. The zero-order valence-electron chi connectivity index (χ0n) is 17.9. The van der Waals surface area contributed by atoms with Crippen molar-refractivity contribution in [2.45, 2.75) is 71.2 Å². The number of allylic oxidation sites excluding steroid dienone is 1. The summed E-state index contributed by atoms with van der Waals surface area (Å²) in [5.74, 6) is -0.522. The molecule has 0 aliphatic heterocycles. The Balaban J connectivity index is 1.85. The third kappa shape index (κ3) is 1.78. The normalized spacial score (nSPS) is 61.5. The van der Waals surface area contributed by atoms with Crippen LogP contribution in [-0.2, 0) is 4.79 Å². The highest BCUT2D eigenvalue weighted by atomic mass is 16.3. The molecule has 4 aliphatic carbocycles. The Morgan fingerprint density at radius 3 is 2.81 bits per heavy atom. The fourth-order valence-electron chi connectivity index (χ4n) is 5.77. The number of aliphatic hydroxyl groups excluding tert-OH is 1. The van der Waals surface area contributed by atoms with E-state index >= 15 is 0 Å². The van der Waals surface area contributed by atoms with Crippen LogP contribution in [-0.4, -0.2) is 17.0 Å². The highest BCUT2D eigenvalue weighted by molar-refractivity contribution is 5.91. The molecule has 0 saturated heterocycles. The SMILES string of the molecule is [2H]C1=C2C([2H])([2H])CC3C4CCC(O)[C@@]4(C)CCC3[C@@]2(C)CC([2H])([2H])C1=O. The summed E-state index contributed by atoms with van der Waals surface area (Å²) in [6.45, 7) is 4.00. The molecule has 4 aliphatic rings. The fraction of sp³-hybridized carbons (Fsp3) is 0.842. The number of ketones is 1. The van der Waals surface area contributed by atoms with Crippen molar-refractivity contribution in [3.05, 3.63) is 11.6 Å². The zero-order chi connectivity index (χ0) is 19.3. The number of carbonyl (C=O) groups excluding carboxylic acids is 1. The summed E-state index contributed by atoms with van der Waals surface area (Å²) < 4.78 is 41.9. The predicted molar refractivity (Wildman–Crippen MR) is 82.7 cm³/mol. The maximum absolute atomic E-state index is 12.3. The second kappa shape index (κ2) is 4.44. The molecule has 3 fully saturated rings. The first-order valence-electron chi connectivity index (χ1n) is 10.8. The van der Waals surface area contributed by atoms with Crippen molar-refractivity contribution in [3.63, 3.8) is 0 Å². The average molecular weight is 293 g/mol. The molecule has 0 spiro atoms. The molecule has 21 heavy (non-hydrogen) atoms. The van der Waals surface area contributed by atoms with E-state index in [9.17, 15) is 9.90 Å². The van der Waals surface area contributed by atoms with Gasteiger partial charge in [-0.2, -0.15) is 0 Å². The highest BCUT2D eigenvalue weighted by Crippen LogP contribution is 2.65. The van der Waals surface area contributed by atoms with Crippen molar-refractivity contribution in [3.8, 4) is 0 Å². The van der Waals surface area contributed by atoms with Gasteiger partial charge in [-0.1, -0.05) is 19.4 Å². The number of fused-ring (bicyclic) bond motifs is 5. The molecule has 3 saturated carbocycles. The van der Waals surface area contributed by atoms with Crippen LogP contribution in [0, 0.1) is 28.6 Å². The number of hydrogen-bond donors (Lipinski definition) is 1. The number of carbonyl (C=O) groups is 1. The third-order valence-electron chi connectivity index (χ3n) is 7.15. The quantitative estimate of drug-likeness (QED) is 0.736. The van der Waals surface area contributed by atoms with Gasteiger partial charge in [0.15, 0.2) is 5.78 Å². The van der Waals surface area contributed by atoms with Crippen molar-refractivity contribution in [1.82, 2.24) is 0 Å². The Hall–Kier alpha value is -0.630. The van der Waals surface area contributed by atoms with E-state index in [0.717, 1.165) is 25.7 Å². The lowest BCUT2D eigenvalue weighted by molar-refractivity contribution is -0.118. The Morgan fingerprint density at radius 2 is 2.00 bits per heavy atom. The lowest BCUT2D eigenvalue weighted by atomic mass is 9.47. The molecule has 2 heteroatoms. The highest BCUT2D eigenvalue weighted by Gasteiger charge is 2.58. The molecule has 0 heterocycles. The summed E-state index contributed by atoms with van der Waals surface area (Å²) in [5, 5.41) is 10.5. The Kier molecular flexibility index (Phi) is 2.01. The summed E-state index contributed by atoms with van der Waals surface area (Å²) in [6, 6.07) is -0.438. The summed E-state index contributed by atoms with van der Waals surface area (Å²) in [6.07, 6.45) is -0.737. The van der Waals surface area contributed by atoms with Crippen LogP contribution >= 0.6 is 0 Å². The van der Waals surface area contributed by atoms with Crippen molar-refractivity contribution < 1.29 is 16.8 Å². The average Bonchev–Trinajstić information content (AvgIpc) is 2.79. The van der Waals surface area contributed by atoms with Gasteiger partial charge in [-0.25, -0.2) is 0 Å². The maximum Gasteiger partial charge on any atom is 0.155 e. The Morgan fingerprint density at radius 1 is 1.19 bits per heavy atom. The van der Waals surface area contributed by atoms with Crippen LogP contribution < -0.4 is 0 Å². The first kappa shape index (κ1) is 9.50. The van der Waals surface area contributed by atoms with Gasteiger partial charge in [0, 0.05) is 11.9 Å². The predicted octanol–water partition coefficient (Wildman–Crippen LogP) is 3.88. The van der Waals surface area contributed by atoms with Crippen LogP contribution in [0.4, 0.5) is 0 Å². The van der Waals surface area contributed by atoms with Gasteiger partial charge >= 0.3 is 0 Å². The summed E-state index contributed by atoms with van der Waals surface area (Å²) >= 11 is 0. The molecule has 4 unspecified atom stereocenters. The second-order valence-electron chi connectivity index (χ2n) is 8.00. The van der Waals surface area contributed by atoms with Gasteiger partial charge in [-0.15, -0.1) is 0 Å². The smallest absolute Gasteiger partial charge is 0.155 e. The fourth-order valence-corrected chi connectivity index (χ4v) is 5.77. The van der Waals surface area contributed by atoms with E-state index in [0.29, 0.717) is 0 Å². The lowest BCUT2D eigenvalue weighted by Crippen LogP contribution is -2.51. The van der Waals surface area contributed by atoms with Crippen LogP contribution in [0.15, 0.2) is 11.6 Å². The van der Waals surface area contributed by atoms with E-state index in [1.54, 1.807) is 0 Å². The van der Waals surface area contributed by atoms with Crippen molar-refractivity contribution in [1.29, 1.82) is 0 Å². The summed E-state index contributed by atoms with van der Waals surface area (Å²) in [7, 11) is 0. The van der Waals surface area contributed by atoms with Crippen LogP contribution in [0.1, 0.15) is 72.0 Å². The van der Waals surface area contributed by atoms with Crippen LogP contribution in [0.3, 0.4) is 0 Å². The van der Waals surface area contributed by atoms with Crippen LogP contribution in [0.25, 0.3) is 0 Å². The molecule has 116 valence electrons. The maximum atomic E-state index is 12.3. The van der Waals surface area contributed by atoms with Gasteiger partial charge < -0.3 is 5.11 Å². The van der Waals surface area contributed by atoms with Gasteiger partial charge in [0.1, 0.15) is 0 Å². The third-order valence-corrected chi connectivity index (χ3v) is 7.15. The number of aliphatic hydroxyl groups is 1. The first-order valence-corrected chi connectivity index (χ1v) is 8.29. The molecule has 4 rings (SSSR count). The van der Waals surface area contributed by atoms with Gasteiger partial charge in [0.25, 0.3) is 0 Å². The number of rotatable bonds is 0. The van der Waals surface area contributed by atoms with Gasteiger partial charge in [-0.3, -0.25) is 4.79 Å². The lowest BCUT2D eigenvalue weighted by Gasteiger charge is -2.57. The molecule has 6 atom stereocenters. The van der Waals surface area contributed by atoms with Crippen LogP contribution in [0.5, 0.6) is 0 Å². The number of hydrogen-bond acceptors (Lipinski definition) is 2. The first-order chi connectivity index (χ1) is 11.8. The van der Waals surface area contributed by atoms with Gasteiger partial charge in [0.05, 0.1) is 7.47 Å². The summed E-state index contributed by atoms with van der Waals surface area (Å²) in [5.41, 5.74) is -0.772. The molecule has 0 radical (unpaired) electrons. The molecule has 0 amide bonds. The Bertz CT molecular complexity index is 702. The van der Waals surface area contributed by atoms with Crippen molar-refractivity contribution in [2.75, 3.05) is 0 Å². The minimum absolute atomic E-state index is 0.0385. The molecule has 0 bridgehead atoms. The van der Waals surface area contributed by atoms with E-state index < -0.39 is 30.0 Å². The molecule has 0 aromatic heterocycles. The summed E-state index contributed by atoms with van der Waals surface area (Å²) in [4.78, 5) is 12.3. The van der Waals surface area contributed by atoms with Gasteiger partial charge in [0.2, 0.25) is 0 Å². The zero-order valence-corrected chi connectivity index (χ0v) is 12.9. The molecular weight excluding hydrogens is 260 g/mol. The van der Waals surface area contributed by atoms with E-state index in [4.69, 9.17) is 6.85 Å². The topological polar surface area (TPSA) is 37.3 Å². The second-order valence-corrected chi connectivity index (χ2v) is 8.00. The largest absolute Gasteiger partial charge is 0.393 e. The molecule has 0 aromatic carbocycles. The molecule has 0 aromatic rings. The Labute approximate surface area is 135 Å². The van der Waals surface area contributed by atoms with Gasteiger partial charge in [-0.05, 0) is 79.5 Å². The van der Waals surface area contributed by atoms with E-state index in [1.807, 2.05) is 6.92 Å². The van der Waals surface area contributed by atoms with E-state index in [-0.39, 0.29) is 47.7 Å². The molecule has 1 N–H and O–H groups in total. The molecule has 2 nitrogen and oxygen atoms in total. The van der Waals surface area contributed by atoms with Crippen LogP contribution in [0.2, 0.25) is 0 Å². The van der Waals surface area contributed by atoms with E-state index in [2.05, 4.69) is 6.92 Å².